The zero-order valence-electron chi connectivity index (χ0n) is 13.7. The van der Waals surface area contributed by atoms with Crippen LogP contribution in [0, 0.1) is 0 Å². The van der Waals surface area contributed by atoms with Gasteiger partial charge in [0, 0.05) is 41.6 Å². The Morgan fingerprint density at radius 2 is 2.04 bits per heavy atom. The molecule has 1 aromatic carbocycles. The predicted octanol–water partition coefficient (Wildman–Crippen LogP) is 3.82. The number of carbonyl (C=O) groups is 1. The summed E-state index contributed by atoms with van der Waals surface area (Å²) in [5, 5.41) is 1.72. The van der Waals surface area contributed by atoms with Crippen molar-refractivity contribution in [2.24, 2.45) is 0 Å². The zero-order valence-corrected chi connectivity index (χ0v) is 14.5. The molecule has 6 heteroatoms. The van der Waals surface area contributed by atoms with E-state index in [1.54, 1.807) is 18.2 Å². The number of H-pyrrole nitrogens is 1. The minimum absolute atomic E-state index is 0.0193. The van der Waals surface area contributed by atoms with Gasteiger partial charge in [0.25, 0.3) is 5.91 Å². The fourth-order valence-corrected chi connectivity index (χ4v) is 3.81. The monoisotopic (exact) mass is 354 g/mol. The van der Waals surface area contributed by atoms with Crippen LogP contribution in [0.15, 0.2) is 42.7 Å². The van der Waals surface area contributed by atoms with Gasteiger partial charge >= 0.3 is 0 Å². The van der Waals surface area contributed by atoms with Crippen LogP contribution in [0.3, 0.4) is 0 Å². The Morgan fingerprint density at radius 3 is 2.80 bits per heavy atom. The second-order valence-electron chi connectivity index (χ2n) is 6.44. The average Bonchev–Trinajstić information content (AvgIpc) is 3.10. The van der Waals surface area contributed by atoms with E-state index in [1.165, 1.54) is 10.9 Å². The van der Waals surface area contributed by atoms with Gasteiger partial charge in [-0.25, -0.2) is 4.98 Å². The molecule has 1 aliphatic heterocycles. The quantitative estimate of drug-likeness (QED) is 0.687. The molecule has 1 amide bonds. The highest BCUT2D eigenvalue weighted by Crippen LogP contribution is 2.33. The summed E-state index contributed by atoms with van der Waals surface area (Å²) in [6.07, 6.45) is 5.64. The number of aromatic amines is 1. The van der Waals surface area contributed by atoms with Crippen LogP contribution in [-0.2, 0) is 0 Å². The van der Waals surface area contributed by atoms with Gasteiger partial charge in [-0.05, 0) is 54.7 Å². The fraction of sp³-hybridized carbons (Fsp3) is 0.263. The van der Waals surface area contributed by atoms with Crippen LogP contribution in [0.1, 0.15) is 34.7 Å². The molecular weight excluding hydrogens is 336 g/mol. The summed E-state index contributed by atoms with van der Waals surface area (Å²) in [6.45, 7) is 1.44. The van der Waals surface area contributed by atoms with E-state index in [2.05, 4.69) is 22.1 Å². The van der Waals surface area contributed by atoms with Crippen molar-refractivity contribution in [3.05, 3.63) is 58.9 Å². The molecule has 25 heavy (non-hydrogen) atoms. The lowest BCUT2D eigenvalue weighted by Crippen LogP contribution is -2.38. The predicted molar refractivity (Wildman–Crippen MR) is 99.8 cm³/mol. The number of carbonyl (C=O) groups excluding carboxylic acids is 1. The number of amides is 1. The van der Waals surface area contributed by atoms with Crippen LogP contribution in [0.5, 0.6) is 0 Å². The second kappa shape index (κ2) is 6.41. The maximum atomic E-state index is 12.7. The van der Waals surface area contributed by atoms with Gasteiger partial charge in [0.1, 0.15) is 5.65 Å². The molecule has 0 spiro atoms. The minimum Gasteiger partial charge on any atom is -0.398 e. The normalized spacial score (nSPS) is 15.6. The number of nitrogen functional groups attached to an aromatic ring is 1. The van der Waals surface area contributed by atoms with Crippen molar-refractivity contribution < 1.29 is 4.79 Å². The molecule has 0 aliphatic carbocycles. The van der Waals surface area contributed by atoms with E-state index in [-0.39, 0.29) is 5.91 Å². The Kier molecular flexibility index (Phi) is 4.09. The van der Waals surface area contributed by atoms with Crippen LogP contribution in [0.2, 0.25) is 5.02 Å². The number of fused-ring (bicyclic) bond motifs is 1. The summed E-state index contributed by atoms with van der Waals surface area (Å²) in [6, 6.07) is 9.20. The summed E-state index contributed by atoms with van der Waals surface area (Å²) in [5.41, 5.74) is 9.15. The van der Waals surface area contributed by atoms with Gasteiger partial charge in [0.2, 0.25) is 0 Å². The van der Waals surface area contributed by atoms with Crippen molar-refractivity contribution in [1.29, 1.82) is 0 Å². The molecule has 128 valence electrons. The Hall–Kier alpha value is -2.53. The molecule has 0 radical (unpaired) electrons. The first-order valence-corrected chi connectivity index (χ1v) is 8.77. The molecule has 0 bridgehead atoms. The first-order valence-electron chi connectivity index (χ1n) is 8.40. The molecule has 2 aromatic heterocycles. The number of piperidine rings is 1. The van der Waals surface area contributed by atoms with E-state index < -0.39 is 0 Å². The summed E-state index contributed by atoms with van der Waals surface area (Å²) >= 11 is 5.92. The molecule has 1 fully saturated rings. The fourth-order valence-electron chi connectivity index (χ4n) is 3.63. The third-order valence-corrected chi connectivity index (χ3v) is 5.20. The van der Waals surface area contributed by atoms with Crippen molar-refractivity contribution in [3.63, 3.8) is 0 Å². The number of likely N-dealkylation sites (tertiary alicyclic amines) is 1. The maximum absolute atomic E-state index is 12.7. The van der Waals surface area contributed by atoms with E-state index >= 15 is 0 Å². The Bertz CT molecular complexity index is 928. The topological polar surface area (TPSA) is 75.0 Å². The first kappa shape index (κ1) is 16.0. The third-order valence-electron chi connectivity index (χ3n) is 4.96. The number of benzene rings is 1. The summed E-state index contributed by atoms with van der Waals surface area (Å²) < 4.78 is 0. The van der Waals surface area contributed by atoms with Crippen molar-refractivity contribution in [3.8, 4) is 0 Å². The smallest absolute Gasteiger partial charge is 0.255 e. The third kappa shape index (κ3) is 2.96. The number of nitrogens with zero attached hydrogens (tertiary/aromatic N) is 2. The number of hydrogen-bond donors (Lipinski definition) is 2. The van der Waals surface area contributed by atoms with Gasteiger partial charge in [-0.2, -0.15) is 0 Å². The molecule has 5 nitrogen and oxygen atoms in total. The number of nitrogens with one attached hydrogen (secondary N) is 1. The van der Waals surface area contributed by atoms with E-state index in [9.17, 15) is 4.79 Å². The standard InChI is InChI=1S/C19H19ClN4O/c20-13-1-2-16(17(21)11-13)19(25)24-9-5-12(6-10-24)14-3-7-22-18-15(14)4-8-23-18/h1-4,7-8,11-12H,5-6,9-10,21H2,(H,22,23). The number of halogens is 1. The molecule has 4 rings (SSSR count). The SMILES string of the molecule is Nc1cc(Cl)ccc1C(=O)N1CCC(c2ccnc3[nH]ccc23)CC1. The Morgan fingerprint density at radius 1 is 1.24 bits per heavy atom. The molecule has 0 saturated carbocycles. The van der Waals surface area contributed by atoms with Crippen molar-refractivity contribution in [1.82, 2.24) is 14.9 Å². The number of hydrogen-bond acceptors (Lipinski definition) is 3. The Labute approximate surface area is 150 Å². The first-order chi connectivity index (χ1) is 12.1. The zero-order chi connectivity index (χ0) is 17.4. The largest absolute Gasteiger partial charge is 0.398 e. The van der Waals surface area contributed by atoms with Crippen molar-refractivity contribution in [2.75, 3.05) is 18.8 Å². The minimum atomic E-state index is -0.0193. The highest BCUT2D eigenvalue weighted by molar-refractivity contribution is 6.31. The van der Waals surface area contributed by atoms with E-state index in [1.807, 2.05) is 17.3 Å². The molecule has 3 aromatic rings. The lowest BCUT2D eigenvalue weighted by Gasteiger charge is -2.32. The van der Waals surface area contributed by atoms with Crippen LogP contribution in [0.25, 0.3) is 11.0 Å². The van der Waals surface area contributed by atoms with Gasteiger partial charge in [-0.3, -0.25) is 4.79 Å². The van der Waals surface area contributed by atoms with Crippen LogP contribution in [0.4, 0.5) is 5.69 Å². The molecular formula is C19H19ClN4O. The second-order valence-corrected chi connectivity index (χ2v) is 6.87. The van der Waals surface area contributed by atoms with Crippen molar-refractivity contribution in [2.45, 2.75) is 18.8 Å². The van der Waals surface area contributed by atoms with E-state index in [0.717, 1.165) is 31.6 Å². The van der Waals surface area contributed by atoms with Gasteiger partial charge in [-0.15, -0.1) is 0 Å². The molecule has 0 unspecified atom stereocenters. The van der Waals surface area contributed by atoms with Gasteiger partial charge < -0.3 is 15.6 Å². The number of aromatic nitrogens is 2. The maximum Gasteiger partial charge on any atom is 0.255 e. The van der Waals surface area contributed by atoms with Gasteiger partial charge in [0.05, 0.1) is 5.56 Å². The Balaban J connectivity index is 1.50. The lowest BCUT2D eigenvalue weighted by molar-refractivity contribution is 0.0714. The molecule has 3 N–H and O–H groups in total. The number of nitrogens with two attached hydrogens (primary N) is 1. The van der Waals surface area contributed by atoms with Crippen LogP contribution in [-0.4, -0.2) is 33.9 Å². The summed E-state index contributed by atoms with van der Waals surface area (Å²) in [7, 11) is 0. The highest BCUT2D eigenvalue weighted by Gasteiger charge is 2.26. The summed E-state index contributed by atoms with van der Waals surface area (Å²) in [4.78, 5) is 22.1. The summed E-state index contributed by atoms with van der Waals surface area (Å²) in [5.74, 6) is 0.419. The molecule has 3 heterocycles. The number of anilines is 1. The number of rotatable bonds is 2. The molecule has 0 atom stereocenters. The van der Waals surface area contributed by atoms with Crippen molar-refractivity contribution >= 4 is 34.2 Å². The lowest BCUT2D eigenvalue weighted by atomic mass is 9.88. The van der Waals surface area contributed by atoms with Gasteiger partial charge in [-0.1, -0.05) is 11.6 Å². The van der Waals surface area contributed by atoms with Crippen LogP contribution >= 0.6 is 11.6 Å². The number of pyridine rings is 1. The molecule has 1 saturated heterocycles. The van der Waals surface area contributed by atoms with Crippen LogP contribution < -0.4 is 5.73 Å². The van der Waals surface area contributed by atoms with E-state index in [0.29, 0.717) is 22.2 Å². The molecule has 1 aliphatic rings. The van der Waals surface area contributed by atoms with Gasteiger partial charge in [0.15, 0.2) is 0 Å². The van der Waals surface area contributed by atoms with E-state index in [4.69, 9.17) is 17.3 Å². The highest BCUT2D eigenvalue weighted by atomic mass is 35.5. The average molecular weight is 355 g/mol.